The lowest BCUT2D eigenvalue weighted by Crippen LogP contribution is -2.48. The van der Waals surface area contributed by atoms with Gasteiger partial charge in [-0.3, -0.25) is 4.79 Å². The van der Waals surface area contributed by atoms with E-state index in [1.807, 2.05) is 29.2 Å². The van der Waals surface area contributed by atoms with Gasteiger partial charge in [-0.1, -0.05) is 6.92 Å². The number of fused-ring (bicyclic) bond motifs is 2. The standard InChI is InChI=1S/C33H41N9O4/c1-2-39-13-15-40(16-14-39)30(43)24-5-9-26(10-6-24)35-33(44)34-25-7-3-23(4-8-25)29-36-31(41-17-19-45-20-18-41)38-32(37-29)42-27-11-12-28(42)22-46-21-27/h3-10,27-28H,2,11-22H2,1H3,(H2,34,35,44). The molecule has 2 unspecified atom stereocenters. The molecule has 0 spiro atoms. The first-order valence-corrected chi connectivity index (χ1v) is 16.3. The predicted octanol–water partition coefficient (Wildman–Crippen LogP) is 3.16. The first-order valence-electron chi connectivity index (χ1n) is 16.3. The molecule has 242 valence electrons. The minimum absolute atomic E-state index is 0.0199. The van der Waals surface area contributed by atoms with Crippen molar-refractivity contribution in [2.75, 3.05) is 92.7 Å². The van der Waals surface area contributed by atoms with Crippen molar-refractivity contribution >= 4 is 35.2 Å². The molecule has 13 heteroatoms. The van der Waals surface area contributed by atoms with E-state index in [0.717, 1.165) is 64.2 Å². The molecule has 4 aliphatic rings. The quantitative estimate of drug-likeness (QED) is 0.403. The molecule has 0 aliphatic carbocycles. The molecule has 0 radical (unpaired) electrons. The molecule has 13 nitrogen and oxygen atoms in total. The van der Waals surface area contributed by atoms with Gasteiger partial charge in [0.1, 0.15) is 0 Å². The molecule has 46 heavy (non-hydrogen) atoms. The van der Waals surface area contributed by atoms with Crippen molar-refractivity contribution in [1.29, 1.82) is 0 Å². The van der Waals surface area contributed by atoms with Crippen molar-refractivity contribution in [1.82, 2.24) is 24.8 Å². The Bertz CT molecular complexity index is 1510. The van der Waals surface area contributed by atoms with Gasteiger partial charge in [0.2, 0.25) is 11.9 Å². The highest BCUT2D eigenvalue weighted by Crippen LogP contribution is 2.34. The minimum Gasteiger partial charge on any atom is -0.378 e. The Morgan fingerprint density at radius 1 is 0.761 bits per heavy atom. The molecule has 2 atom stereocenters. The maximum absolute atomic E-state index is 12.9. The Balaban J connectivity index is 1.01. The van der Waals surface area contributed by atoms with E-state index in [-0.39, 0.29) is 24.0 Å². The van der Waals surface area contributed by atoms with E-state index in [4.69, 9.17) is 24.4 Å². The number of carbonyl (C=O) groups is 2. The minimum atomic E-state index is -0.373. The lowest BCUT2D eigenvalue weighted by molar-refractivity contribution is 0.0643. The molecule has 0 saturated carbocycles. The van der Waals surface area contributed by atoms with Gasteiger partial charge in [0.25, 0.3) is 5.91 Å². The number of aromatic nitrogens is 3. The van der Waals surface area contributed by atoms with Crippen LogP contribution in [0.15, 0.2) is 48.5 Å². The second-order valence-corrected chi connectivity index (χ2v) is 12.1. The van der Waals surface area contributed by atoms with Crippen LogP contribution in [0.1, 0.15) is 30.1 Å². The summed E-state index contributed by atoms with van der Waals surface area (Å²) >= 11 is 0. The molecule has 4 fully saturated rings. The van der Waals surface area contributed by atoms with E-state index >= 15 is 0 Å². The largest absolute Gasteiger partial charge is 0.378 e. The molecule has 2 bridgehead atoms. The van der Waals surface area contributed by atoms with E-state index in [9.17, 15) is 9.59 Å². The van der Waals surface area contributed by atoms with Gasteiger partial charge in [-0.25, -0.2) is 4.79 Å². The first-order chi connectivity index (χ1) is 22.5. The van der Waals surface area contributed by atoms with Crippen LogP contribution in [0.4, 0.5) is 28.1 Å². The number of morpholine rings is 2. The molecular formula is C33H41N9O4. The third-order valence-electron chi connectivity index (χ3n) is 9.27. The Kier molecular flexibility index (Phi) is 8.95. The van der Waals surface area contributed by atoms with Crippen LogP contribution in [0.3, 0.4) is 0 Å². The Labute approximate surface area is 268 Å². The molecule has 4 saturated heterocycles. The van der Waals surface area contributed by atoms with Gasteiger partial charge in [-0.05, 0) is 67.9 Å². The zero-order chi connectivity index (χ0) is 31.5. The zero-order valence-corrected chi connectivity index (χ0v) is 26.2. The van der Waals surface area contributed by atoms with Gasteiger partial charge in [0, 0.05) is 61.8 Å². The van der Waals surface area contributed by atoms with Crippen molar-refractivity contribution in [2.24, 2.45) is 0 Å². The molecule has 2 aromatic carbocycles. The average Bonchev–Trinajstić information content (AvgIpc) is 3.36. The van der Waals surface area contributed by atoms with Crippen molar-refractivity contribution in [3.05, 3.63) is 54.1 Å². The maximum Gasteiger partial charge on any atom is 0.323 e. The fourth-order valence-corrected chi connectivity index (χ4v) is 6.60. The normalized spacial score (nSPS) is 21.7. The third kappa shape index (κ3) is 6.62. The summed E-state index contributed by atoms with van der Waals surface area (Å²) in [5.74, 6) is 1.96. The zero-order valence-electron chi connectivity index (χ0n) is 26.2. The number of rotatable bonds is 7. The van der Waals surface area contributed by atoms with Gasteiger partial charge >= 0.3 is 6.03 Å². The van der Waals surface area contributed by atoms with Gasteiger partial charge in [-0.2, -0.15) is 15.0 Å². The van der Waals surface area contributed by atoms with E-state index in [0.29, 0.717) is 61.1 Å². The summed E-state index contributed by atoms with van der Waals surface area (Å²) in [5.41, 5.74) is 2.69. The second kappa shape index (κ2) is 13.6. The monoisotopic (exact) mass is 627 g/mol. The Morgan fingerprint density at radius 3 is 2.00 bits per heavy atom. The number of piperazine rings is 1. The first kappa shape index (κ1) is 30.3. The summed E-state index contributed by atoms with van der Waals surface area (Å²) in [7, 11) is 0. The van der Waals surface area contributed by atoms with Crippen LogP contribution >= 0.6 is 0 Å². The third-order valence-corrected chi connectivity index (χ3v) is 9.27. The average molecular weight is 628 g/mol. The molecule has 3 amide bonds. The van der Waals surface area contributed by atoms with Crippen LogP contribution in [0, 0.1) is 0 Å². The molecule has 3 aromatic rings. The fourth-order valence-electron chi connectivity index (χ4n) is 6.60. The molecule has 1 aromatic heterocycles. The summed E-state index contributed by atoms with van der Waals surface area (Å²) in [6.45, 7) is 10.5. The Morgan fingerprint density at radius 2 is 1.37 bits per heavy atom. The predicted molar refractivity (Wildman–Crippen MR) is 176 cm³/mol. The van der Waals surface area contributed by atoms with Crippen LogP contribution < -0.4 is 20.4 Å². The maximum atomic E-state index is 12.9. The van der Waals surface area contributed by atoms with Crippen LogP contribution in [-0.4, -0.2) is 121 Å². The second-order valence-electron chi connectivity index (χ2n) is 12.1. The smallest absolute Gasteiger partial charge is 0.323 e. The van der Waals surface area contributed by atoms with Gasteiger partial charge in [0.15, 0.2) is 5.82 Å². The molecule has 4 aliphatic heterocycles. The van der Waals surface area contributed by atoms with Gasteiger partial charge < -0.3 is 39.7 Å². The Hall–Kier alpha value is -4.33. The van der Waals surface area contributed by atoms with Gasteiger partial charge in [-0.15, -0.1) is 0 Å². The van der Waals surface area contributed by atoms with Crippen molar-refractivity contribution in [3.63, 3.8) is 0 Å². The summed E-state index contributed by atoms with van der Waals surface area (Å²) in [4.78, 5) is 49.1. The lowest BCUT2D eigenvalue weighted by atomic mass is 10.1. The number of anilines is 4. The van der Waals surface area contributed by atoms with Gasteiger partial charge in [0.05, 0.1) is 38.5 Å². The number of amides is 3. The highest BCUT2D eigenvalue weighted by atomic mass is 16.5. The van der Waals surface area contributed by atoms with E-state index in [1.165, 1.54) is 0 Å². The molecule has 5 heterocycles. The number of ether oxygens (including phenoxy) is 2. The molecule has 2 N–H and O–H groups in total. The van der Waals surface area contributed by atoms with Crippen LogP contribution in [0.25, 0.3) is 11.4 Å². The number of likely N-dealkylation sites (N-methyl/N-ethyl adjacent to an activating group) is 1. The topological polar surface area (TPSA) is 128 Å². The number of hydrogen-bond acceptors (Lipinski definition) is 10. The van der Waals surface area contributed by atoms with Crippen LogP contribution in [0.5, 0.6) is 0 Å². The number of hydrogen-bond donors (Lipinski definition) is 2. The van der Waals surface area contributed by atoms with Crippen molar-refractivity contribution in [3.8, 4) is 11.4 Å². The lowest BCUT2D eigenvalue weighted by Gasteiger charge is -2.35. The van der Waals surface area contributed by atoms with Crippen LogP contribution in [-0.2, 0) is 9.47 Å². The van der Waals surface area contributed by atoms with E-state index in [2.05, 4.69) is 32.3 Å². The molecular weight excluding hydrogens is 586 g/mol. The summed E-state index contributed by atoms with van der Waals surface area (Å²) in [6.07, 6.45) is 2.14. The number of benzene rings is 2. The van der Waals surface area contributed by atoms with Crippen molar-refractivity contribution in [2.45, 2.75) is 31.8 Å². The number of nitrogens with one attached hydrogen (secondary N) is 2. The highest BCUT2D eigenvalue weighted by molar-refractivity contribution is 6.00. The van der Waals surface area contributed by atoms with E-state index < -0.39 is 0 Å². The van der Waals surface area contributed by atoms with E-state index in [1.54, 1.807) is 24.3 Å². The summed E-state index contributed by atoms with van der Waals surface area (Å²) < 4.78 is 11.4. The van der Waals surface area contributed by atoms with Crippen LogP contribution in [0.2, 0.25) is 0 Å². The van der Waals surface area contributed by atoms with Crippen molar-refractivity contribution < 1.29 is 19.1 Å². The number of urea groups is 1. The fraction of sp³-hybridized carbons (Fsp3) is 0.485. The summed E-state index contributed by atoms with van der Waals surface area (Å²) in [5, 5.41) is 5.74. The highest BCUT2D eigenvalue weighted by Gasteiger charge is 2.39. The number of carbonyl (C=O) groups excluding carboxylic acids is 2. The SMILES string of the molecule is CCN1CCN(C(=O)c2ccc(NC(=O)Nc3ccc(-c4nc(N5CCOCC5)nc(N5C6CCC5COC6)n4)cc3)cc2)CC1. The number of nitrogens with zero attached hydrogens (tertiary/aromatic N) is 7. The molecule has 7 rings (SSSR count). The summed E-state index contributed by atoms with van der Waals surface area (Å²) in [6, 6.07) is 14.7.